The smallest absolute Gasteiger partial charge is 0.250 e. The molecule has 0 saturated carbocycles. The molecule has 1 aromatic heterocycles. The fourth-order valence-corrected chi connectivity index (χ4v) is 2.40. The van der Waals surface area contributed by atoms with Crippen molar-refractivity contribution >= 4 is 11.7 Å². The van der Waals surface area contributed by atoms with Crippen molar-refractivity contribution < 1.29 is 4.79 Å². The number of rotatable bonds is 6. The summed E-state index contributed by atoms with van der Waals surface area (Å²) in [6.45, 7) is 5.92. The van der Waals surface area contributed by atoms with Crippen LogP contribution in [0.25, 0.3) is 0 Å². The van der Waals surface area contributed by atoms with Gasteiger partial charge in [0, 0.05) is 32.4 Å². The van der Waals surface area contributed by atoms with E-state index in [4.69, 9.17) is 11.5 Å². The second kappa shape index (κ2) is 7.21. The number of amides is 1. The van der Waals surface area contributed by atoms with E-state index in [1.165, 1.54) is 6.42 Å². The Hall–Kier alpha value is -1.66. The van der Waals surface area contributed by atoms with Crippen molar-refractivity contribution in [2.45, 2.75) is 12.8 Å². The normalized spacial score (nSPS) is 16.4. The van der Waals surface area contributed by atoms with E-state index in [-0.39, 0.29) is 0 Å². The van der Waals surface area contributed by atoms with Crippen molar-refractivity contribution in [3.05, 3.63) is 23.9 Å². The lowest BCUT2D eigenvalue weighted by molar-refractivity contribution is 0.1000. The monoisotopic (exact) mass is 277 g/mol. The number of nitrogens with two attached hydrogens (primary N) is 2. The van der Waals surface area contributed by atoms with Crippen LogP contribution in [0.1, 0.15) is 23.2 Å². The van der Waals surface area contributed by atoms with Gasteiger partial charge in [-0.15, -0.1) is 0 Å². The van der Waals surface area contributed by atoms with E-state index < -0.39 is 5.91 Å². The number of hydrogen-bond acceptors (Lipinski definition) is 5. The molecule has 0 unspecified atom stereocenters. The summed E-state index contributed by atoms with van der Waals surface area (Å²) in [5, 5.41) is 0. The molecule has 1 aliphatic rings. The molecule has 0 spiro atoms. The number of aromatic nitrogens is 1. The predicted octanol–water partition coefficient (Wildman–Crippen LogP) is 0.0414. The molecule has 0 aliphatic carbocycles. The number of carbonyl (C=O) groups excluding carboxylic acids is 1. The van der Waals surface area contributed by atoms with Gasteiger partial charge in [-0.05, 0) is 38.1 Å². The second-order valence-corrected chi connectivity index (χ2v) is 5.09. The van der Waals surface area contributed by atoms with Gasteiger partial charge in [0.15, 0.2) is 0 Å². The minimum absolute atomic E-state index is 0.436. The van der Waals surface area contributed by atoms with Gasteiger partial charge in [0.05, 0.1) is 5.56 Å². The van der Waals surface area contributed by atoms with Gasteiger partial charge in [-0.25, -0.2) is 4.98 Å². The number of pyridine rings is 1. The number of piperazine rings is 1. The van der Waals surface area contributed by atoms with Gasteiger partial charge in [0.25, 0.3) is 0 Å². The molecule has 0 bridgehead atoms. The van der Waals surface area contributed by atoms with Gasteiger partial charge in [-0.1, -0.05) is 0 Å². The van der Waals surface area contributed by atoms with Crippen LogP contribution in [-0.4, -0.2) is 55.1 Å². The highest BCUT2D eigenvalue weighted by molar-refractivity contribution is 5.92. The Morgan fingerprint density at radius 3 is 2.50 bits per heavy atom. The highest BCUT2D eigenvalue weighted by Crippen LogP contribution is 2.14. The summed E-state index contributed by atoms with van der Waals surface area (Å²) >= 11 is 0. The zero-order valence-electron chi connectivity index (χ0n) is 11.8. The van der Waals surface area contributed by atoms with E-state index in [1.54, 1.807) is 12.3 Å². The molecular formula is C14H23N5O. The highest BCUT2D eigenvalue weighted by atomic mass is 16.1. The van der Waals surface area contributed by atoms with Crippen LogP contribution in [-0.2, 0) is 0 Å². The van der Waals surface area contributed by atoms with Crippen LogP contribution < -0.4 is 16.4 Å². The molecule has 0 radical (unpaired) electrons. The Bertz CT molecular complexity index is 426. The molecule has 1 aromatic rings. The average Bonchev–Trinajstić information content (AvgIpc) is 2.48. The summed E-state index contributed by atoms with van der Waals surface area (Å²) in [6, 6.07) is 3.60. The molecule has 1 aliphatic heterocycles. The third-order valence-corrected chi connectivity index (χ3v) is 3.66. The number of carbonyl (C=O) groups is 1. The van der Waals surface area contributed by atoms with Crippen LogP contribution >= 0.6 is 0 Å². The first-order chi connectivity index (χ1) is 9.70. The lowest BCUT2D eigenvalue weighted by Crippen LogP contribution is -2.47. The summed E-state index contributed by atoms with van der Waals surface area (Å²) in [7, 11) is 0. The maximum Gasteiger partial charge on any atom is 0.250 e. The first kappa shape index (κ1) is 14.7. The van der Waals surface area contributed by atoms with Crippen molar-refractivity contribution in [1.82, 2.24) is 9.88 Å². The van der Waals surface area contributed by atoms with Crippen LogP contribution in [0.5, 0.6) is 0 Å². The second-order valence-electron chi connectivity index (χ2n) is 5.09. The first-order valence-corrected chi connectivity index (χ1v) is 7.14. The van der Waals surface area contributed by atoms with Gasteiger partial charge in [0.2, 0.25) is 5.91 Å². The van der Waals surface area contributed by atoms with Crippen LogP contribution in [0.15, 0.2) is 18.3 Å². The molecule has 4 N–H and O–H groups in total. The fourth-order valence-electron chi connectivity index (χ4n) is 2.40. The first-order valence-electron chi connectivity index (χ1n) is 7.14. The maximum absolute atomic E-state index is 11.0. The van der Waals surface area contributed by atoms with Gasteiger partial charge < -0.3 is 16.4 Å². The molecule has 0 aromatic carbocycles. The summed E-state index contributed by atoms with van der Waals surface area (Å²) in [5.74, 6) is 0.477. The maximum atomic E-state index is 11.0. The summed E-state index contributed by atoms with van der Waals surface area (Å²) in [4.78, 5) is 20.0. The lowest BCUT2D eigenvalue weighted by atomic mass is 10.2. The van der Waals surface area contributed by atoms with E-state index in [2.05, 4.69) is 14.8 Å². The Balaban J connectivity index is 1.82. The number of hydrogen-bond donors (Lipinski definition) is 2. The van der Waals surface area contributed by atoms with E-state index in [0.29, 0.717) is 5.56 Å². The molecule has 1 fully saturated rings. The van der Waals surface area contributed by atoms with Crippen LogP contribution in [0.2, 0.25) is 0 Å². The third-order valence-electron chi connectivity index (χ3n) is 3.66. The molecule has 1 saturated heterocycles. The highest BCUT2D eigenvalue weighted by Gasteiger charge is 2.17. The van der Waals surface area contributed by atoms with Crippen molar-refractivity contribution in [1.29, 1.82) is 0 Å². The third kappa shape index (κ3) is 3.91. The van der Waals surface area contributed by atoms with Gasteiger partial charge in [0.1, 0.15) is 5.82 Å². The van der Waals surface area contributed by atoms with Crippen molar-refractivity contribution in [3.8, 4) is 0 Å². The Labute approximate surface area is 119 Å². The predicted molar refractivity (Wildman–Crippen MR) is 79.7 cm³/mol. The summed E-state index contributed by atoms with van der Waals surface area (Å²) < 4.78 is 0. The quantitative estimate of drug-likeness (QED) is 0.717. The van der Waals surface area contributed by atoms with Crippen molar-refractivity contribution in [2.24, 2.45) is 11.5 Å². The van der Waals surface area contributed by atoms with Crippen molar-refractivity contribution in [2.75, 3.05) is 44.2 Å². The molecule has 6 nitrogen and oxygen atoms in total. The largest absolute Gasteiger partial charge is 0.366 e. The minimum Gasteiger partial charge on any atom is -0.366 e. The van der Waals surface area contributed by atoms with Gasteiger partial charge in [-0.3, -0.25) is 9.69 Å². The molecular weight excluding hydrogens is 254 g/mol. The SMILES string of the molecule is NCCCCN1CCN(c2ccc(C(N)=O)cn2)CC1. The number of anilines is 1. The summed E-state index contributed by atoms with van der Waals surface area (Å²) in [5.41, 5.74) is 11.2. The Morgan fingerprint density at radius 1 is 1.20 bits per heavy atom. The van der Waals surface area contributed by atoms with Crippen LogP contribution in [0.3, 0.4) is 0 Å². The molecule has 110 valence electrons. The molecule has 1 amide bonds. The molecule has 0 atom stereocenters. The van der Waals surface area contributed by atoms with E-state index in [1.807, 2.05) is 6.07 Å². The van der Waals surface area contributed by atoms with E-state index >= 15 is 0 Å². The van der Waals surface area contributed by atoms with Gasteiger partial charge >= 0.3 is 0 Å². The van der Waals surface area contributed by atoms with Crippen molar-refractivity contribution in [3.63, 3.8) is 0 Å². The minimum atomic E-state index is -0.436. The average molecular weight is 277 g/mol. The van der Waals surface area contributed by atoms with E-state index in [0.717, 1.165) is 51.5 Å². The fraction of sp³-hybridized carbons (Fsp3) is 0.571. The number of primary amides is 1. The molecule has 2 heterocycles. The summed E-state index contributed by atoms with van der Waals surface area (Å²) in [6.07, 6.45) is 3.81. The number of unbranched alkanes of at least 4 members (excludes halogenated alkanes) is 1. The van der Waals surface area contributed by atoms with Crippen LogP contribution in [0.4, 0.5) is 5.82 Å². The molecule has 20 heavy (non-hydrogen) atoms. The topological polar surface area (TPSA) is 88.5 Å². The Kier molecular flexibility index (Phi) is 5.31. The molecule has 6 heteroatoms. The lowest BCUT2D eigenvalue weighted by Gasteiger charge is -2.35. The zero-order chi connectivity index (χ0) is 14.4. The van der Waals surface area contributed by atoms with E-state index in [9.17, 15) is 4.79 Å². The number of nitrogens with zero attached hydrogens (tertiary/aromatic N) is 3. The standard InChI is InChI=1S/C14H23N5O/c15-5-1-2-6-18-7-9-19(10-8-18)13-4-3-12(11-17-13)14(16)20/h3-4,11H,1-2,5-10,15H2,(H2,16,20). The van der Waals surface area contributed by atoms with Gasteiger partial charge in [-0.2, -0.15) is 0 Å². The Morgan fingerprint density at radius 2 is 1.95 bits per heavy atom. The molecule has 2 rings (SSSR count). The zero-order valence-corrected chi connectivity index (χ0v) is 11.8. The van der Waals surface area contributed by atoms with Crippen LogP contribution in [0, 0.1) is 0 Å².